The summed E-state index contributed by atoms with van der Waals surface area (Å²) in [5, 5.41) is 16.4. The lowest BCUT2D eigenvalue weighted by Crippen LogP contribution is -2.16. The Morgan fingerprint density at radius 1 is 1.18 bits per heavy atom. The fraction of sp³-hybridized carbons (Fsp3) is 0.350. The van der Waals surface area contributed by atoms with Crippen molar-refractivity contribution >= 4 is 23.4 Å². The van der Waals surface area contributed by atoms with Crippen molar-refractivity contribution in [3.63, 3.8) is 0 Å². The lowest BCUT2D eigenvalue weighted by Gasteiger charge is -2.13. The van der Waals surface area contributed by atoms with Crippen LogP contribution in [0.4, 0.5) is 0 Å². The van der Waals surface area contributed by atoms with Gasteiger partial charge in [-0.05, 0) is 54.1 Å². The van der Waals surface area contributed by atoms with E-state index < -0.39 is 0 Å². The normalized spacial score (nSPS) is 11.0. The van der Waals surface area contributed by atoms with Crippen molar-refractivity contribution in [2.45, 2.75) is 31.7 Å². The minimum absolute atomic E-state index is 0.539. The first-order chi connectivity index (χ1) is 13.6. The Kier molecular flexibility index (Phi) is 7.71. The number of benzene rings is 2. The van der Waals surface area contributed by atoms with Crippen molar-refractivity contribution in [3.8, 4) is 5.75 Å². The predicted molar refractivity (Wildman–Crippen MR) is 113 cm³/mol. The summed E-state index contributed by atoms with van der Waals surface area (Å²) in [7, 11) is 1.85. The number of ether oxygens (including phenoxy) is 1. The van der Waals surface area contributed by atoms with Gasteiger partial charge in [-0.15, -0.1) is 5.10 Å². The van der Waals surface area contributed by atoms with E-state index in [9.17, 15) is 0 Å². The average molecular weight is 418 g/mol. The van der Waals surface area contributed by atoms with Crippen molar-refractivity contribution in [2.24, 2.45) is 7.05 Å². The second kappa shape index (κ2) is 10.5. The molecule has 0 amide bonds. The van der Waals surface area contributed by atoms with Gasteiger partial charge in [0.05, 0.1) is 0 Å². The zero-order chi connectivity index (χ0) is 19.8. The Labute approximate surface area is 174 Å². The van der Waals surface area contributed by atoms with Gasteiger partial charge in [0, 0.05) is 29.9 Å². The molecule has 6 nitrogen and oxygen atoms in total. The molecule has 0 aliphatic rings. The molecule has 3 rings (SSSR count). The van der Waals surface area contributed by atoms with Gasteiger partial charge < -0.3 is 10.1 Å². The first-order valence-electron chi connectivity index (χ1n) is 9.14. The number of nitrogens with zero attached hydrogens (tertiary/aromatic N) is 4. The maximum Gasteiger partial charge on any atom is 0.209 e. The third kappa shape index (κ3) is 6.22. The molecule has 0 bridgehead atoms. The standard InChI is InChI=1S/C20H24ClN5OS/c1-15-4-6-16(7-5-15)14-27-19-9-8-18(21)12-17(19)13-22-10-3-11-28-20-23-24-25-26(20)2/h4-9,12,22H,3,10-11,13-14H2,1-2H3. The lowest BCUT2D eigenvalue weighted by atomic mass is 10.1. The van der Waals surface area contributed by atoms with Crippen LogP contribution in [0.2, 0.25) is 5.02 Å². The monoisotopic (exact) mass is 417 g/mol. The Morgan fingerprint density at radius 2 is 2.00 bits per heavy atom. The topological polar surface area (TPSA) is 64.9 Å². The van der Waals surface area contributed by atoms with Gasteiger partial charge in [-0.3, -0.25) is 0 Å². The molecule has 1 heterocycles. The molecule has 0 saturated heterocycles. The van der Waals surface area contributed by atoms with Crippen molar-refractivity contribution in [1.82, 2.24) is 25.5 Å². The molecule has 1 aromatic heterocycles. The molecule has 0 saturated carbocycles. The third-order valence-corrected chi connectivity index (χ3v) is 5.50. The summed E-state index contributed by atoms with van der Waals surface area (Å²) in [4.78, 5) is 0. The SMILES string of the molecule is Cc1ccc(COc2ccc(Cl)cc2CNCCCSc2nnnn2C)cc1. The quantitative estimate of drug-likeness (QED) is 0.397. The van der Waals surface area contributed by atoms with Crippen LogP contribution < -0.4 is 10.1 Å². The third-order valence-electron chi connectivity index (χ3n) is 4.16. The van der Waals surface area contributed by atoms with Crippen molar-refractivity contribution in [2.75, 3.05) is 12.3 Å². The smallest absolute Gasteiger partial charge is 0.209 e. The van der Waals surface area contributed by atoms with Gasteiger partial charge in [-0.2, -0.15) is 0 Å². The Morgan fingerprint density at radius 3 is 2.75 bits per heavy atom. The number of nitrogens with one attached hydrogen (secondary N) is 1. The van der Waals surface area contributed by atoms with Crippen molar-refractivity contribution in [1.29, 1.82) is 0 Å². The molecule has 0 unspecified atom stereocenters. The molecule has 1 N–H and O–H groups in total. The molecule has 2 aromatic carbocycles. The number of thioether (sulfide) groups is 1. The number of hydrogen-bond donors (Lipinski definition) is 1. The average Bonchev–Trinajstić information content (AvgIpc) is 3.10. The minimum atomic E-state index is 0.539. The molecule has 0 atom stereocenters. The number of rotatable bonds is 10. The van der Waals surface area contributed by atoms with E-state index in [1.165, 1.54) is 5.56 Å². The fourth-order valence-corrected chi connectivity index (χ4v) is 3.58. The molecule has 28 heavy (non-hydrogen) atoms. The van der Waals surface area contributed by atoms with E-state index in [0.717, 1.165) is 40.8 Å². The molecule has 3 aromatic rings. The zero-order valence-electron chi connectivity index (χ0n) is 16.1. The van der Waals surface area contributed by atoms with Crippen LogP contribution in [-0.2, 0) is 20.2 Å². The summed E-state index contributed by atoms with van der Waals surface area (Å²) in [5.74, 6) is 1.81. The highest BCUT2D eigenvalue weighted by Crippen LogP contribution is 2.24. The molecular formula is C20H24ClN5OS. The van der Waals surface area contributed by atoms with Crippen LogP contribution >= 0.6 is 23.4 Å². The summed E-state index contributed by atoms with van der Waals surface area (Å²) >= 11 is 7.83. The van der Waals surface area contributed by atoms with E-state index >= 15 is 0 Å². The van der Waals surface area contributed by atoms with Crippen LogP contribution in [0.3, 0.4) is 0 Å². The van der Waals surface area contributed by atoms with E-state index in [1.54, 1.807) is 16.4 Å². The van der Waals surface area contributed by atoms with E-state index in [-0.39, 0.29) is 0 Å². The molecule has 0 radical (unpaired) electrons. The Bertz CT molecular complexity index is 885. The molecule has 0 fully saturated rings. The number of halogens is 1. The number of aryl methyl sites for hydroxylation is 2. The van der Waals surface area contributed by atoms with Crippen molar-refractivity contribution < 1.29 is 4.74 Å². The van der Waals surface area contributed by atoms with Gasteiger partial charge in [0.15, 0.2) is 0 Å². The van der Waals surface area contributed by atoms with Gasteiger partial charge in [-0.1, -0.05) is 53.2 Å². The number of aromatic nitrogens is 4. The van der Waals surface area contributed by atoms with Crippen LogP contribution in [-0.4, -0.2) is 32.5 Å². The largest absolute Gasteiger partial charge is 0.489 e. The van der Waals surface area contributed by atoms with Crippen LogP contribution in [0.15, 0.2) is 47.6 Å². The number of tetrazole rings is 1. The molecule has 148 valence electrons. The van der Waals surface area contributed by atoms with Crippen molar-refractivity contribution in [3.05, 3.63) is 64.2 Å². The summed E-state index contributed by atoms with van der Waals surface area (Å²) in [5.41, 5.74) is 3.45. The van der Waals surface area contributed by atoms with E-state index in [1.807, 2.05) is 25.2 Å². The van der Waals surface area contributed by atoms with Gasteiger partial charge in [-0.25, -0.2) is 4.68 Å². The summed E-state index contributed by atoms with van der Waals surface area (Å²) < 4.78 is 7.71. The number of hydrogen-bond acceptors (Lipinski definition) is 6. The van der Waals surface area contributed by atoms with E-state index in [4.69, 9.17) is 16.3 Å². The second-order valence-electron chi connectivity index (χ2n) is 6.49. The Hall–Kier alpha value is -2.09. The molecule has 0 spiro atoms. The van der Waals surface area contributed by atoms with Crippen LogP contribution in [0.25, 0.3) is 0 Å². The minimum Gasteiger partial charge on any atom is -0.489 e. The first kappa shape index (κ1) is 20.6. The van der Waals surface area contributed by atoms with Gasteiger partial charge in [0.25, 0.3) is 0 Å². The van der Waals surface area contributed by atoms with Crippen LogP contribution in [0, 0.1) is 6.92 Å². The fourth-order valence-electron chi connectivity index (χ4n) is 2.60. The van der Waals surface area contributed by atoms with Crippen LogP contribution in [0.1, 0.15) is 23.1 Å². The highest BCUT2D eigenvalue weighted by molar-refractivity contribution is 7.99. The maximum atomic E-state index is 6.18. The summed E-state index contributed by atoms with van der Waals surface area (Å²) in [6.07, 6.45) is 1.01. The predicted octanol–water partition coefficient (Wildman–Crippen LogP) is 4.02. The second-order valence-corrected chi connectivity index (χ2v) is 7.99. The van der Waals surface area contributed by atoms with Gasteiger partial charge in [0.1, 0.15) is 12.4 Å². The van der Waals surface area contributed by atoms with Gasteiger partial charge in [0.2, 0.25) is 5.16 Å². The van der Waals surface area contributed by atoms with E-state index in [2.05, 4.69) is 52.0 Å². The van der Waals surface area contributed by atoms with Gasteiger partial charge >= 0.3 is 0 Å². The zero-order valence-corrected chi connectivity index (χ0v) is 17.6. The summed E-state index contributed by atoms with van der Waals surface area (Å²) in [6.45, 7) is 4.22. The van der Waals surface area contributed by atoms with E-state index in [0.29, 0.717) is 18.2 Å². The highest BCUT2D eigenvalue weighted by Gasteiger charge is 2.06. The molecule has 0 aliphatic carbocycles. The lowest BCUT2D eigenvalue weighted by molar-refractivity contribution is 0.302. The van der Waals surface area contributed by atoms with Crippen LogP contribution in [0.5, 0.6) is 5.75 Å². The first-order valence-corrected chi connectivity index (χ1v) is 10.5. The molecular weight excluding hydrogens is 394 g/mol. The Balaban J connectivity index is 1.45. The molecule has 8 heteroatoms. The molecule has 0 aliphatic heterocycles. The maximum absolute atomic E-state index is 6.18. The summed E-state index contributed by atoms with van der Waals surface area (Å²) in [6, 6.07) is 14.1. The highest BCUT2D eigenvalue weighted by atomic mass is 35.5.